The van der Waals surface area contributed by atoms with Crippen molar-refractivity contribution in [3.05, 3.63) is 22.0 Å². The maximum atomic E-state index is 11.4. The third-order valence-corrected chi connectivity index (χ3v) is 2.97. The standard InChI is InChI=1S/C10H13IN2O2.C4H9.Li/c1-10(2,3)15-9(14)13-8-4-5-12-6-7(8)11;1-3-4-2;/h4-6H,1-3H3,(H,12,13,14);1,3-4H2,2H3;. The predicted octanol–water partition coefficient (Wildman–Crippen LogP) is 4.41. The van der Waals surface area contributed by atoms with Gasteiger partial charge in [0, 0.05) is 12.4 Å². The maximum absolute atomic E-state index is 11.4. The van der Waals surface area contributed by atoms with E-state index in [1.54, 1.807) is 18.5 Å². The van der Waals surface area contributed by atoms with Gasteiger partial charge >= 0.3 is 48.7 Å². The van der Waals surface area contributed by atoms with Crippen molar-refractivity contribution < 1.29 is 9.53 Å². The van der Waals surface area contributed by atoms with Crippen LogP contribution in [0.2, 0.25) is 5.09 Å². The number of amides is 1. The van der Waals surface area contributed by atoms with Crippen LogP contribution >= 0.6 is 22.6 Å². The van der Waals surface area contributed by atoms with E-state index >= 15 is 0 Å². The molecule has 0 unspecified atom stereocenters. The van der Waals surface area contributed by atoms with E-state index in [4.69, 9.17) is 4.74 Å². The molecule has 1 heterocycles. The number of rotatable bonds is 3. The van der Waals surface area contributed by atoms with Crippen molar-refractivity contribution in [1.29, 1.82) is 0 Å². The van der Waals surface area contributed by atoms with Crippen LogP contribution in [-0.4, -0.2) is 34.4 Å². The second kappa shape index (κ2) is 10.5. The van der Waals surface area contributed by atoms with Gasteiger partial charge in [0.25, 0.3) is 0 Å². The number of unbranched alkanes of at least 4 members (excludes halogenated alkanes) is 1. The van der Waals surface area contributed by atoms with E-state index in [2.05, 4.69) is 57.5 Å². The van der Waals surface area contributed by atoms with Crippen LogP contribution in [0.4, 0.5) is 10.5 Å². The van der Waals surface area contributed by atoms with Crippen LogP contribution in [-0.2, 0) is 4.74 Å². The Morgan fingerprint density at radius 2 is 2.15 bits per heavy atom. The zero-order valence-corrected chi connectivity index (χ0v) is 15.2. The molecule has 0 aromatic carbocycles. The molecular weight excluding hydrogens is 362 g/mol. The van der Waals surface area contributed by atoms with E-state index in [1.165, 1.54) is 17.9 Å². The summed E-state index contributed by atoms with van der Waals surface area (Å²) in [5.74, 6) is 0. The Balaban J connectivity index is 0.000000621. The fraction of sp³-hybridized carbons (Fsp3) is 0.571. The first-order chi connectivity index (χ1) is 9.30. The molecule has 0 fully saturated rings. The molecule has 0 saturated heterocycles. The van der Waals surface area contributed by atoms with Crippen molar-refractivity contribution >= 4 is 52.1 Å². The summed E-state index contributed by atoms with van der Waals surface area (Å²) in [5.41, 5.74) is 0.225. The fourth-order valence-corrected chi connectivity index (χ4v) is 1.72. The molecular formula is C14H22ILiN2O2. The average molecular weight is 384 g/mol. The van der Waals surface area contributed by atoms with Crippen molar-refractivity contribution in [2.45, 2.75) is 51.2 Å². The Morgan fingerprint density at radius 3 is 2.55 bits per heavy atom. The molecule has 1 rings (SSSR count). The van der Waals surface area contributed by atoms with Gasteiger partial charge in [-0.3, -0.25) is 10.3 Å². The molecule has 1 aromatic heterocycles. The Kier molecular flexibility index (Phi) is 10.3. The average Bonchev–Trinajstić information content (AvgIpc) is 2.31. The van der Waals surface area contributed by atoms with Crippen molar-refractivity contribution in [1.82, 2.24) is 4.98 Å². The van der Waals surface area contributed by atoms with Crippen LogP contribution in [0.15, 0.2) is 18.5 Å². The van der Waals surface area contributed by atoms with Crippen molar-refractivity contribution in [3.8, 4) is 0 Å². The molecule has 1 N–H and O–H groups in total. The molecule has 0 radical (unpaired) electrons. The van der Waals surface area contributed by atoms with E-state index in [0.717, 1.165) is 3.57 Å². The minimum atomic E-state index is -0.484. The zero-order chi connectivity index (χ0) is 15.6. The van der Waals surface area contributed by atoms with Gasteiger partial charge in [-0.25, -0.2) is 4.79 Å². The molecule has 20 heavy (non-hydrogen) atoms. The van der Waals surface area contributed by atoms with Crippen molar-refractivity contribution in [2.75, 3.05) is 5.32 Å². The molecule has 0 aliphatic heterocycles. The predicted molar refractivity (Wildman–Crippen MR) is 92.3 cm³/mol. The first kappa shape index (κ1) is 19.7. The summed E-state index contributed by atoms with van der Waals surface area (Å²) >= 11 is 4.31. The third kappa shape index (κ3) is 10.5. The Hall–Kier alpha value is -0.253. The SMILES string of the molecule is CC(C)(C)OC(=O)Nc1ccncc1I.[Li][CH2]CCC. The van der Waals surface area contributed by atoms with E-state index in [-0.39, 0.29) is 0 Å². The van der Waals surface area contributed by atoms with Crippen LogP contribution in [0.25, 0.3) is 0 Å². The molecule has 0 aliphatic rings. The monoisotopic (exact) mass is 384 g/mol. The first-order valence-corrected chi connectivity index (χ1v) is 7.97. The summed E-state index contributed by atoms with van der Waals surface area (Å²) < 4.78 is 6.00. The van der Waals surface area contributed by atoms with Crippen LogP contribution in [0.1, 0.15) is 40.5 Å². The number of carbonyl (C=O) groups is 1. The van der Waals surface area contributed by atoms with Crippen molar-refractivity contribution in [3.63, 3.8) is 0 Å². The van der Waals surface area contributed by atoms with Gasteiger partial charge in [0.2, 0.25) is 0 Å². The Labute approximate surface area is 144 Å². The number of nitrogens with zero attached hydrogens (tertiary/aromatic N) is 1. The van der Waals surface area contributed by atoms with Crippen LogP contribution in [0.5, 0.6) is 0 Å². The number of hydrogen-bond acceptors (Lipinski definition) is 3. The van der Waals surface area contributed by atoms with Crippen molar-refractivity contribution in [2.24, 2.45) is 0 Å². The summed E-state index contributed by atoms with van der Waals surface area (Å²) in [7, 11) is 0. The van der Waals surface area contributed by atoms with Crippen LogP contribution < -0.4 is 5.32 Å². The summed E-state index contributed by atoms with van der Waals surface area (Å²) in [6.07, 6.45) is 5.57. The van der Waals surface area contributed by atoms with E-state index in [1.807, 2.05) is 20.8 Å². The second-order valence-electron chi connectivity index (χ2n) is 5.34. The quantitative estimate of drug-likeness (QED) is 0.621. The first-order valence-electron chi connectivity index (χ1n) is 6.89. The Bertz CT molecular complexity index is 406. The number of halogens is 1. The van der Waals surface area contributed by atoms with Gasteiger partial charge in [-0.1, -0.05) is 0 Å². The topological polar surface area (TPSA) is 51.2 Å². The second-order valence-corrected chi connectivity index (χ2v) is 6.50. The van der Waals surface area contributed by atoms with Gasteiger partial charge in [-0.15, -0.1) is 0 Å². The summed E-state index contributed by atoms with van der Waals surface area (Å²) in [5, 5.41) is 4.00. The number of ether oxygens (including phenoxy) is 1. The summed E-state index contributed by atoms with van der Waals surface area (Å²) in [6, 6.07) is 1.73. The number of pyridine rings is 1. The number of aromatic nitrogens is 1. The molecule has 0 saturated carbocycles. The number of carbonyl (C=O) groups excluding carboxylic acids is 1. The number of nitrogens with one attached hydrogen (secondary N) is 1. The number of anilines is 1. The molecule has 6 heteroatoms. The molecule has 1 aromatic rings. The van der Waals surface area contributed by atoms with E-state index in [0.29, 0.717) is 5.69 Å². The molecule has 0 spiro atoms. The molecule has 0 bridgehead atoms. The summed E-state index contributed by atoms with van der Waals surface area (Å²) in [4.78, 5) is 15.4. The van der Waals surface area contributed by atoms with Gasteiger partial charge < -0.3 is 4.74 Å². The van der Waals surface area contributed by atoms with Gasteiger partial charge in [-0.2, -0.15) is 0 Å². The van der Waals surface area contributed by atoms with Gasteiger partial charge in [0.1, 0.15) is 5.60 Å². The van der Waals surface area contributed by atoms with E-state index < -0.39 is 11.7 Å². The van der Waals surface area contributed by atoms with Gasteiger partial charge in [0.05, 0.1) is 9.26 Å². The third-order valence-electron chi connectivity index (χ3n) is 2.12. The normalized spacial score (nSPS) is 10.3. The van der Waals surface area contributed by atoms with Crippen LogP contribution in [0.3, 0.4) is 0 Å². The molecule has 0 aliphatic carbocycles. The fourth-order valence-electron chi connectivity index (χ4n) is 1.24. The summed E-state index contributed by atoms with van der Waals surface area (Å²) in [6.45, 7) is 7.68. The van der Waals surface area contributed by atoms with Gasteiger partial charge in [0.15, 0.2) is 0 Å². The molecule has 108 valence electrons. The number of hydrogen-bond donors (Lipinski definition) is 1. The Morgan fingerprint density at radius 1 is 1.50 bits per heavy atom. The van der Waals surface area contributed by atoms with Gasteiger partial charge in [-0.05, 0) is 49.4 Å². The minimum absolute atomic E-state index is 0.452. The molecule has 4 nitrogen and oxygen atoms in total. The van der Waals surface area contributed by atoms with Crippen LogP contribution in [0, 0.1) is 3.57 Å². The molecule has 0 atom stereocenters. The zero-order valence-electron chi connectivity index (χ0n) is 13.0. The molecule has 1 amide bonds. The van der Waals surface area contributed by atoms with E-state index in [9.17, 15) is 4.79 Å².